The fraction of sp³-hybridized carbons (Fsp3) is 0.978. The summed E-state index contributed by atoms with van der Waals surface area (Å²) >= 11 is 0. The summed E-state index contributed by atoms with van der Waals surface area (Å²) < 4.78 is 0. The van der Waals surface area contributed by atoms with Crippen LogP contribution in [0.1, 0.15) is 252 Å². The molecule has 50 heavy (non-hydrogen) atoms. The highest BCUT2D eigenvalue weighted by molar-refractivity contribution is 5.70. The van der Waals surface area contributed by atoms with Crippen molar-refractivity contribution in [1.82, 2.24) is 0 Å². The van der Waals surface area contributed by atoms with Crippen molar-refractivity contribution in [3.63, 3.8) is 0 Å². The number of unbranched alkanes of at least 4 members (excludes halogenated alkanes) is 27. The molecule has 1 rings (SSSR count). The Bertz CT molecular complexity index is 725. The highest BCUT2D eigenvalue weighted by Crippen LogP contribution is 2.45. The first kappa shape index (κ1) is 47.4. The molecule has 1 saturated carbocycles. The van der Waals surface area contributed by atoms with Crippen molar-refractivity contribution < 1.29 is 20.1 Å². The topological polar surface area (TPSA) is 77.8 Å². The maximum atomic E-state index is 11.1. The van der Waals surface area contributed by atoms with E-state index in [-0.39, 0.29) is 6.10 Å². The van der Waals surface area contributed by atoms with Gasteiger partial charge in [0.25, 0.3) is 0 Å². The van der Waals surface area contributed by atoms with Gasteiger partial charge in [0.05, 0.1) is 18.1 Å². The van der Waals surface area contributed by atoms with E-state index in [4.69, 9.17) is 5.11 Å². The highest BCUT2D eigenvalue weighted by atomic mass is 16.4. The highest BCUT2D eigenvalue weighted by Gasteiger charge is 2.35. The lowest BCUT2D eigenvalue weighted by Gasteiger charge is -2.17. The van der Waals surface area contributed by atoms with Gasteiger partial charge in [-0.25, -0.2) is 0 Å². The predicted octanol–water partition coefficient (Wildman–Crippen LogP) is 14.4. The van der Waals surface area contributed by atoms with Crippen molar-refractivity contribution in [2.75, 3.05) is 0 Å². The summed E-state index contributed by atoms with van der Waals surface area (Å²) in [5.41, 5.74) is 0. The molecule has 0 radical (unpaired) electrons. The molecule has 0 aromatic rings. The summed E-state index contributed by atoms with van der Waals surface area (Å²) in [6.07, 6.45) is 47.0. The molecule has 0 aromatic carbocycles. The van der Waals surface area contributed by atoms with E-state index in [0.717, 1.165) is 37.5 Å². The summed E-state index contributed by atoms with van der Waals surface area (Å²) in [5, 5.41) is 29.2. The van der Waals surface area contributed by atoms with Gasteiger partial charge in [0, 0.05) is 0 Å². The third-order valence-corrected chi connectivity index (χ3v) is 12.5. The van der Waals surface area contributed by atoms with Crippen molar-refractivity contribution >= 4 is 5.97 Å². The van der Waals surface area contributed by atoms with E-state index in [1.165, 1.54) is 193 Å². The minimum absolute atomic E-state index is 0.0805. The molecular formula is C46H90O4. The molecule has 0 aliphatic heterocycles. The van der Waals surface area contributed by atoms with E-state index >= 15 is 0 Å². The van der Waals surface area contributed by atoms with Gasteiger partial charge in [0.2, 0.25) is 0 Å². The minimum Gasteiger partial charge on any atom is -0.481 e. The summed E-state index contributed by atoms with van der Waals surface area (Å²) in [6, 6.07) is 0. The monoisotopic (exact) mass is 707 g/mol. The molecular weight excluding hydrogens is 617 g/mol. The van der Waals surface area contributed by atoms with Crippen LogP contribution in [-0.2, 0) is 4.79 Å². The molecule has 1 aliphatic carbocycles. The molecule has 0 saturated heterocycles. The Morgan fingerprint density at radius 2 is 0.740 bits per heavy atom. The lowest BCUT2D eigenvalue weighted by Crippen LogP contribution is -2.27. The Morgan fingerprint density at radius 3 is 1.02 bits per heavy atom. The largest absolute Gasteiger partial charge is 0.481 e. The predicted molar refractivity (Wildman–Crippen MR) is 217 cm³/mol. The molecule has 4 nitrogen and oxygen atoms in total. The molecule has 1 fully saturated rings. The third-order valence-electron chi connectivity index (χ3n) is 12.5. The zero-order chi connectivity index (χ0) is 36.5. The van der Waals surface area contributed by atoms with Gasteiger partial charge in [-0.3, -0.25) is 4.79 Å². The number of carbonyl (C=O) groups is 1. The van der Waals surface area contributed by atoms with Crippen molar-refractivity contribution in [3.05, 3.63) is 0 Å². The van der Waals surface area contributed by atoms with Gasteiger partial charge in [-0.2, -0.15) is 0 Å². The second kappa shape index (κ2) is 34.2. The summed E-state index contributed by atoms with van der Waals surface area (Å²) in [4.78, 5) is 11.1. The average Bonchev–Trinajstić information content (AvgIpc) is 3.86. The van der Waals surface area contributed by atoms with Crippen LogP contribution in [0.25, 0.3) is 0 Å². The number of rotatable bonds is 40. The minimum atomic E-state index is -0.861. The fourth-order valence-corrected chi connectivity index (χ4v) is 8.33. The molecule has 0 bridgehead atoms. The second-order valence-corrected chi connectivity index (χ2v) is 17.0. The Balaban J connectivity index is 1.70. The number of hydrogen-bond donors (Lipinski definition) is 3. The van der Waals surface area contributed by atoms with Crippen molar-refractivity contribution in [2.24, 2.45) is 23.7 Å². The van der Waals surface area contributed by atoms with E-state index < -0.39 is 18.0 Å². The molecule has 298 valence electrons. The molecule has 0 unspecified atom stereocenters. The molecule has 4 heteroatoms. The van der Waals surface area contributed by atoms with Crippen LogP contribution in [0.15, 0.2) is 0 Å². The van der Waals surface area contributed by atoms with E-state index in [2.05, 4.69) is 13.8 Å². The van der Waals surface area contributed by atoms with Gasteiger partial charge < -0.3 is 15.3 Å². The van der Waals surface area contributed by atoms with Crippen molar-refractivity contribution in [3.8, 4) is 0 Å². The standard InChI is InChI=1S/C46H90O4/c1-4-40(3)44(47)37-33-29-25-21-17-13-9-7-6-8-11-15-19-23-27-31-35-41-39-42(41)36-32-28-24-20-16-12-10-14-18-22-26-30-34-38-45(48)43(5-2)46(49)50/h40-45,47-48H,4-39H2,1-3H3,(H,49,50)/t40-,41-,42+,43+,44-,45+/m0/s1. The first-order chi connectivity index (χ1) is 24.4. The Labute approximate surface area is 313 Å². The van der Waals surface area contributed by atoms with Crippen LogP contribution in [0.4, 0.5) is 0 Å². The maximum Gasteiger partial charge on any atom is 0.309 e. The normalized spacial score (nSPS) is 18.3. The van der Waals surface area contributed by atoms with Crippen molar-refractivity contribution in [1.29, 1.82) is 0 Å². The molecule has 6 atom stereocenters. The molecule has 1 aliphatic rings. The van der Waals surface area contributed by atoms with E-state index in [1.807, 2.05) is 6.92 Å². The quantitative estimate of drug-likeness (QED) is 0.0554. The average molecular weight is 707 g/mol. The second-order valence-electron chi connectivity index (χ2n) is 17.0. The molecule has 0 spiro atoms. The lowest BCUT2D eigenvalue weighted by molar-refractivity contribution is -0.146. The van der Waals surface area contributed by atoms with Gasteiger partial charge in [-0.1, -0.05) is 226 Å². The third kappa shape index (κ3) is 28.0. The van der Waals surface area contributed by atoms with Crippen LogP contribution in [0.3, 0.4) is 0 Å². The van der Waals surface area contributed by atoms with Crippen LogP contribution in [-0.4, -0.2) is 33.5 Å². The first-order valence-electron chi connectivity index (χ1n) is 23.0. The maximum absolute atomic E-state index is 11.1. The number of aliphatic hydroxyl groups is 2. The lowest BCUT2D eigenvalue weighted by atomic mass is 9.95. The summed E-state index contributed by atoms with van der Waals surface area (Å²) in [6.45, 7) is 6.19. The molecule has 0 aromatic heterocycles. The van der Waals surface area contributed by atoms with Crippen LogP contribution < -0.4 is 0 Å². The number of carboxylic acid groups (broad SMARTS) is 1. The number of hydrogen-bond acceptors (Lipinski definition) is 3. The molecule has 0 amide bonds. The van der Waals surface area contributed by atoms with Crippen LogP contribution in [0.5, 0.6) is 0 Å². The number of aliphatic hydroxyl groups excluding tert-OH is 2. The zero-order valence-electron chi connectivity index (χ0n) is 34.2. The Hall–Kier alpha value is -0.610. The van der Waals surface area contributed by atoms with Crippen molar-refractivity contribution in [2.45, 2.75) is 264 Å². The fourth-order valence-electron chi connectivity index (χ4n) is 8.33. The number of aliphatic carboxylic acids is 1. The Morgan fingerprint density at radius 1 is 0.460 bits per heavy atom. The van der Waals surface area contributed by atoms with E-state index in [0.29, 0.717) is 18.8 Å². The van der Waals surface area contributed by atoms with Gasteiger partial charge in [0.1, 0.15) is 0 Å². The van der Waals surface area contributed by atoms with Gasteiger partial charge in [-0.05, 0) is 43.4 Å². The van der Waals surface area contributed by atoms with Crippen LogP contribution in [0, 0.1) is 23.7 Å². The van der Waals surface area contributed by atoms with Gasteiger partial charge in [-0.15, -0.1) is 0 Å². The van der Waals surface area contributed by atoms with E-state index in [9.17, 15) is 15.0 Å². The smallest absolute Gasteiger partial charge is 0.309 e. The Kier molecular flexibility index (Phi) is 32.4. The van der Waals surface area contributed by atoms with E-state index in [1.54, 1.807) is 0 Å². The van der Waals surface area contributed by atoms with Gasteiger partial charge in [0.15, 0.2) is 0 Å². The summed E-state index contributed by atoms with van der Waals surface area (Å²) in [7, 11) is 0. The molecule has 0 heterocycles. The van der Waals surface area contributed by atoms with Gasteiger partial charge >= 0.3 is 5.97 Å². The number of carboxylic acids is 1. The van der Waals surface area contributed by atoms with Crippen LogP contribution in [0.2, 0.25) is 0 Å². The summed E-state index contributed by atoms with van der Waals surface area (Å²) in [5.74, 6) is 1.17. The first-order valence-corrected chi connectivity index (χ1v) is 23.0. The zero-order valence-corrected chi connectivity index (χ0v) is 34.2. The SMILES string of the molecule is CC[C@H](C)[C@@H](O)CCCCCCCCCCCCCCCCCC[C@H]1C[C@H]1CCCCCCCCCCCCCCC[C@@H](O)[C@@H](CC)C(=O)O. The molecule has 3 N–H and O–H groups in total. The van der Waals surface area contributed by atoms with Crippen LogP contribution >= 0.6 is 0 Å².